The maximum atomic E-state index is 2.49. The fourth-order valence-electron chi connectivity index (χ4n) is 3.37. The third-order valence-electron chi connectivity index (χ3n) is 4.60. The van der Waals surface area contributed by atoms with E-state index in [0.717, 1.165) is 4.48 Å². The first-order chi connectivity index (χ1) is 10.3. The van der Waals surface area contributed by atoms with E-state index in [1.54, 1.807) is 0 Å². The van der Waals surface area contributed by atoms with Crippen molar-refractivity contribution in [1.29, 1.82) is 0 Å². The van der Waals surface area contributed by atoms with Crippen LogP contribution >= 0.6 is 0 Å². The fraction of sp³-hybridized carbons (Fsp3) is 0.400. The van der Waals surface area contributed by atoms with Crippen LogP contribution in [0.1, 0.15) is 39.5 Å². The molecule has 0 saturated carbocycles. The summed E-state index contributed by atoms with van der Waals surface area (Å²) in [6.07, 6.45) is 10.1. The van der Waals surface area contributed by atoms with Crippen LogP contribution in [0.2, 0.25) is 0 Å². The summed E-state index contributed by atoms with van der Waals surface area (Å²) in [4.78, 5) is 0. The number of rotatable bonds is 6. The smallest absolute Gasteiger partial charge is 0.109 e. The van der Waals surface area contributed by atoms with Crippen molar-refractivity contribution in [3.8, 4) is 0 Å². The van der Waals surface area contributed by atoms with Crippen molar-refractivity contribution in [2.45, 2.75) is 39.5 Å². The van der Waals surface area contributed by atoms with Gasteiger partial charge >= 0.3 is 0 Å². The van der Waals surface area contributed by atoms with Crippen LogP contribution in [0.3, 0.4) is 0 Å². The van der Waals surface area contributed by atoms with Crippen molar-refractivity contribution >= 4 is 23.2 Å². The van der Waals surface area contributed by atoms with E-state index in [1.165, 1.54) is 60.0 Å². The number of fused-ring (bicyclic) bond motifs is 2. The van der Waals surface area contributed by atoms with E-state index in [9.17, 15) is 0 Å². The third-order valence-corrected chi connectivity index (χ3v) is 4.60. The van der Waals surface area contributed by atoms with Gasteiger partial charge in [-0.2, -0.15) is 0 Å². The molecule has 0 spiro atoms. The van der Waals surface area contributed by atoms with Gasteiger partial charge in [-0.15, -0.1) is 0 Å². The lowest BCUT2D eigenvalue weighted by atomic mass is 10.1. The number of hydrogen-bond donors (Lipinski definition) is 0. The van der Waals surface area contributed by atoms with Crippen molar-refractivity contribution in [1.82, 2.24) is 0 Å². The van der Waals surface area contributed by atoms with Crippen molar-refractivity contribution in [3.05, 3.63) is 46.8 Å². The summed E-state index contributed by atoms with van der Waals surface area (Å²) in [5, 5.41) is 5.54. The minimum Gasteiger partial charge on any atom is -0.270 e. The molecular formula is C20H26N+. The second kappa shape index (κ2) is 6.03. The average molecular weight is 280 g/mol. The molecule has 0 radical (unpaired) electrons. The summed E-state index contributed by atoms with van der Waals surface area (Å²) >= 11 is 0. The first-order valence-corrected chi connectivity index (χ1v) is 8.37. The molecule has 0 fully saturated rings. The lowest BCUT2D eigenvalue weighted by Gasteiger charge is -2.29. The summed E-state index contributed by atoms with van der Waals surface area (Å²) in [5.74, 6) is 0. The number of unbranched alkanes of at least 4 members (excludes halogenated alkanes) is 2. The molecule has 1 heterocycles. The van der Waals surface area contributed by atoms with Crippen LogP contribution < -0.4 is 10.4 Å². The van der Waals surface area contributed by atoms with Gasteiger partial charge in [0.05, 0.1) is 13.1 Å². The summed E-state index contributed by atoms with van der Waals surface area (Å²) < 4.78 is 1.05. The average Bonchev–Trinajstić information content (AvgIpc) is 2.86. The summed E-state index contributed by atoms with van der Waals surface area (Å²) in [6.45, 7) is 7.05. The molecule has 0 N–H and O–H groups in total. The summed E-state index contributed by atoms with van der Waals surface area (Å²) in [7, 11) is 0. The van der Waals surface area contributed by atoms with Crippen LogP contribution in [0.5, 0.6) is 0 Å². The van der Waals surface area contributed by atoms with E-state index in [4.69, 9.17) is 0 Å². The van der Waals surface area contributed by atoms with Gasteiger partial charge in [-0.1, -0.05) is 51.0 Å². The van der Waals surface area contributed by atoms with Crippen LogP contribution in [0.15, 0.2) is 36.4 Å². The second-order valence-electron chi connectivity index (χ2n) is 6.34. The van der Waals surface area contributed by atoms with Gasteiger partial charge in [0.1, 0.15) is 12.4 Å². The van der Waals surface area contributed by atoms with Gasteiger partial charge < -0.3 is 0 Å². The Morgan fingerprint density at radius 3 is 1.67 bits per heavy atom. The predicted octanol–water partition coefficient (Wildman–Crippen LogP) is 3.75. The van der Waals surface area contributed by atoms with Gasteiger partial charge in [-0.05, 0) is 35.7 Å². The van der Waals surface area contributed by atoms with Gasteiger partial charge in [0.2, 0.25) is 0 Å². The lowest BCUT2D eigenvalue weighted by Crippen LogP contribution is -2.37. The minimum atomic E-state index is 1.05. The summed E-state index contributed by atoms with van der Waals surface area (Å²) in [5.41, 5.74) is 0. The Kier molecular flexibility index (Phi) is 4.12. The SMILES string of the molecule is CCCC[N+]1(CCCC)C=c2cc3ccccc3cc2=C1. The molecule has 3 rings (SSSR count). The van der Waals surface area contributed by atoms with Crippen LogP contribution in [0.4, 0.5) is 0 Å². The topological polar surface area (TPSA) is 0 Å². The zero-order chi connectivity index (χ0) is 14.7. The first kappa shape index (κ1) is 14.3. The van der Waals surface area contributed by atoms with Crippen LogP contribution in [-0.2, 0) is 0 Å². The van der Waals surface area contributed by atoms with Gasteiger partial charge in [0.25, 0.3) is 0 Å². The largest absolute Gasteiger partial charge is 0.270 e. The van der Waals surface area contributed by atoms with Gasteiger partial charge in [0, 0.05) is 10.4 Å². The Morgan fingerprint density at radius 1 is 0.762 bits per heavy atom. The van der Waals surface area contributed by atoms with E-state index in [1.807, 2.05) is 0 Å². The molecule has 0 bridgehead atoms. The van der Waals surface area contributed by atoms with Crippen molar-refractivity contribution in [2.24, 2.45) is 0 Å². The van der Waals surface area contributed by atoms with E-state index in [-0.39, 0.29) is 0 Å². The second-order valence-corrected chi connectivity index (χ2v) is 6.34. The molecule has 1 aliphatic heterocycles. The molecular weight excluding hydrogens is 254 g/mol. The molecule has 21 heavy (non-hydrogen) atoms. The molecule has 0 atom stereocenters. The normalized spacial score (nSPS) is 15.5. The van der Waals surface area contributed by atoms with E-state index in [0.29, 0.717) is 0 Å². The van der Waals surface area contributed by atoms with Crippen LogP contribution in [0.25, 0.3) is 23.2 Å². The first-order valence-electron chi connectivity index (χ1n) is 8.37. The number of hydrogen-bond acceptors (Lipinski definition) is 0. The molecule has 1 aliphatic rings. The molecule has 110 valence electrons. The van der Waals surface area contributed by atoms with Gasteiger partial charge in [-0.25, -0.2) is 0 Å². The Hall–Kier alpha value is -1.60. The molecule has 0 saturated heterocycles. The zero-order valence-corrected chi connectivity index (χ0v) is 13.3. The Labute approximate surface area is 127 Å². The van der Waals surface area contributed by atoms with E-state index in [2.05, 4.69) is 62.6 Å². The highest BCUT2D eigenvalue weighted by molar-refractivity contribution is 5.82. The standard InChI is InChI=1S/C20H26N/c1-3-5-11-21(12-6-4-2)15-19-13-17-9-7-8-10-18(17)14-20(19)16-21/h7-10,13-16H,3-6,11-12H2,1-2H3/q+1. The lowest BCUT2D eigenvalue weighted by molar-refractivity contribution is -0.770. The highest BCUT2D eigenvalue weighted by Gasteiger charge is 2.25. The van der Waals surface area contributed by atoms with E-state index >= 15 is 0 Å². The zero-order valence-electron chi connectivity index (χ0n) is 13.3. The maximum Gasteiger partial charge on any atom is 0.109 e. The highest BCUT2D eigenvalue weighted by atomic mass is 15.3. The Balaban J connectivity index is 2.06. The van der Waals surface area contributed by atoms with E-state index < -0.39 is 0 Å². The van der Waals surface area contributed by atoms with Gasteiger partial charge in [-0.3, -0.25) is 4.48 Å². The number of quaternary nitrogens is 1. The molecule has 0 unspecified atom stereocenters. The number of benzene rings is 2. The third kappa shape index (κ3) is 2.89. The number of nitrogens with zero attached hydrogens (tertiary/aromatic N) is 1. The van der Waals surface area contributed by atoms with Crippen LogP contribution in [-0.4, -0.2) is 17.6 Å². The molecule has 2 aromatic carbocycles. The van der Waals surface area contributed by atoms with Crippen molar-refractivity contribution < 1.29 is 4.48 Å². The molecule has 1 heteroatoms. The highest BCUT2D eigenvalue weighted by Crippen LogP contribution is 2.18. The summed E-state index contributed by atoms with van der Waals surface area (Å²) in [6, 6.07) is 13.4. The van der Waals surface area contributed by atoms with Gasteiger partial charge in [0.15, 0.2) is 0 Å². The predicted molar refractivity (Wildman–Crippen MR) is 91.9 cm³/mol. The molecule has 0 aromatic heterocycles. The van der Waals surface area contributed by atoms with Crippen molar-refractivity contribution in [3.63, 3.8) is 0 Å². The minimum absolute atomic E-state index is 1.05. The van der Waals surface area contributed by atoms with Crippen LogP contribution in [0, 0.1) is 0 Å². The Morgan fingerprint density at radius 2 is 1.24 bits per heavy atom. The maximum absolute atomic E-state index is 2.49. The monoisotopic (exact) mass is 280 g/mol. The molecule has 2 aromatic rings. The molecule has 0 amide bonds. The Bertz CT molecular complexity index is 678. The van der Waals surface area contributed by atoms with Crippen molar-refractivity contribution in [2.75, 3.05) is 13.1 Å². The molecule has 1 nitrogen and oxygen atoms in total. The fourth-order valence-corrected chi connectivity index (χ4v) is 3.37. The molecule has 0 aliphatic carbocycles. The quantitative estimate of drug-likeness (QED) is 0.707.